The van der Waals surface area contributed by atoms with Crippen LogP contribution in [0, 0.1) is 5.82 Å². The van der Waals surface area contributed by atoms with E-state index in [1.165, 1.54) is 35.2 Å². The number of thiophene rings is 1. The Labute approximate surface area is 146 Å². The molecule has 24 heavy (non-hydrogen) atoms. The molecule has 3 heterocycles. The molecule has 0 aliphatic carbocycles. The number of benzene rings is 1. The van der Waals surface area contributed by atoms with E-state index >= 15 is 0 Å². The number of rotatable bonds is 3. The number of hydrogen-bond acceptors (Lipinski definition) is 5. The van der Waals surface area contributed by atoms with Crippen LogP contribution in [0.15, 0.2) is 41.0 Å². The first-order chi connectivity index (χ1) is 11.6. The van der Waals surface area contributed by atoms with Crippen molar-refractivity contribution in [2.75, 3.05) is 13.6 Å². The van der Waals surface area contributed by atoms with Gasteiger partial charge in [0.2, 0.25) is 5.91 Å². The largest absolute Gasteiger partial charge is 0.345 e. The molecule has 122 valence electrons. The highest BCUT2D eigenvalue weighted by Crippen LogP contribution is 2.40. The lowest BCUT2D eigenvalue weighted by Gasteiger charge is -2.10. The predicted molar refractivity (Wildman–Crippen MR) is 94.7 cm³/mol. The zero-order valence-corrected chi connectivity index (χ0v) is 14.5. The third-order valence-corrected chi connectivity index (χ3v) is 6.26. The Morgan fingerprint density at radius 2 is 2.08 bits per heavy atom. The summed E-state index contributed by atoms with van der Waals surface area (Å²) in [5, 5.41) is 3.67. The van der Waals surface area contributed by atoms with Crippen LogP contribution in [-0.2, 0) is 4.79 Å². The summed E-state index contributed by atoms with van der Waals surface area (Å²) < 4.78 is 13.2. The van der Waals surface area contributed by atoms with Crippen molar-refractivity contribution in [3.05, 3.63) is 41.8 Å². The number of carbonyl (C=O) groups is 1. The Bertz CT molecular complexity index is 910. The average Bonchev–Trinajstić information content (AvgIpc) is 3.15. The second-order valence-corrected chi connectivity index (χ2v) is 7.72. The summed E-state index contributed by atoms with van der Waals surface area (Å²) in [6.07, 6.45) is 2.36. The molecule has 0 saturated carbocycles. The maximum atomic E-state index is 13.2. The molecule has 1 amide bonds. The number of likely N-dealkylation sites (tertiary alicyclic amines) is 1. The Hall–Kier alpha value is -1.99. The molecule has 1 aliphatic rings. The fourth-order valence-electron chi connectivity index (χ4n) is 2.81. The summed E-state index contributed by atoms with van der Waals surface area (Å²) >= 11 is 3.03. The minimum atomic E-state index is -0.260. The number of thioether (sulfide) groups is 1. The lowest BCUT2D eigenvalue weighted by atomic mass is 10.1. The summed E-state index contributed by atoms with van der Waals surface area (Å²) in [6.45, 7) is 0.777. The summed E-state index contributed by atoms with van der Waals surface area (Å²) in [5.74, 6) is -0.117. The Balaban J connectivity index is 1.77. The Morgan fingerprint density at radius 1 is 1.29 bits per heavy atom. The van der Waals surface area contributed by atoms with E-state index in [9.17, 15) is 9.18 Å². The van der Waals surface area contributed by atoms with Crippen LogP contribution in [0.3, 0.4) is 0 Å². The van der Waals surface area contributed by atoms with Gasteiger partial charge in [0.25, 0.3) is 0 Å². The van der Waals surface area contributed by atoms with E-state index < -0.39 is 0 Å². The van der Waals surface area contributed by atoms with Crippen molar-refractivity contribution in [1.82, 2.24) is 14.9 Å². The quantitative estimate of drug-likeness (QED) is 0.667. The molecule has 1 fully saturated rings. The number of aromatic nitrogens is 2. The molecule has 0 bridgehead atoms. The monoisotopic (exact) mass is 359 g/mol. The third kappa shape index (κ3) is 2.67. The highest BCUT2D eigenvalue weighted by atomic mass is 32.2. The predicted octanol–water partition coefficient (Wildman–Crippen LogP) is 3.82. The van der Waals surface area contributed by atoms with Crippen LogP contribution in [0.25, 0.3) is 21.3 Å². The molecule has 2 aromatic heterocycles. The van der Waals surface area contributed by atoms with Crippen LogP contribution in [0.1, 0.15) is 6.42 Å². The fourth-order valence-corrected chi connectivity index (χ4v) is 5.00. The maximum Gasteiger partial charge on any atom is 0.235 e. The van der Waals surface area contributed by atoms with Gasteiger partial charge in [0.15, 0.2) is 0 Å². The summed E-state index contributed by atoms with van der Waals surface area (Å²) in [4.78, 5) is 23.6. The number of nitrogens with zero attached hydrogens (tertiary/aromatic N) is 3. The van der Waals surface area contributed by atoms with E-state index in [2.05, 4.69) is 9.97 Å². The highest BCUT2D eigenvalue weighted by molar-refractivity contribution is 8.00. The smallest absolute Gasteiger partial charge is 0.235 e. The van der Waals surface area contributed by atoms with Crippen LogP contribution < -0.4 is 0 Å². The molecule has 0 spiro atoms. The van der Waals surface area contributed by atoms with Gasteiger partial charge in [-0.15, -0.1) is 11.3 Å². The van der Waals surface area contributed by atoms with Gasteiger partial charge in [-0.3, -0.25) is 4.79 Å². The molecular weight excluding hydrogens is 345 g/mol. The lowest BCUT2D eigenvalue weighted by Crippen LogP contribution is -2.23. The van der Waals surface area contributed by atoms with E-state index in [1.807, 2.05) is 12.4 Å². The molecular formula is C17H14FN3OS2. The van der Waals surface area contributed by atoms with Gasteiger partial charge in [-0.2, -0.15) is 0 Å². The van der Waals surface area contributed by atoms with E-state index in [0.717, 1.165) is 39.3 Å². The maximum absolute atomic E-state index is 13.2. The minimum Gasteiger partial charge on any atom is -0.345 e. The second kappa shape index (κ2) is 6.14. The zero-order chi connectivity index (χ0) is 16.7. The normalized spacial score (nSPS) is 17.8. The third-order valence-electron chi connectivity index (χ3n) is 4.12. The van der Waals surface area contributed by atoms with Crippen LogP contribution in [0.4, 0.5) is 4.39 Å². The van der Waals surface area contributed by atoms with Crippen LogP contribution >= 0.6 is 23.1 Å². The molecule has 4 nitrogen and oxygen atoms in total. The van der Waals surface area contributed by atoms with Gasteiger partial charge in [0.1, 0.15) is 22.0 Å². The van der Waals surface area contributed by atoms with Crippen molar-refractivity contribution in [2.24, 2.45) is 0 Å². The first-order valence-electron chi connectivity index (χ1n) is 7.53. The van der Waals surface area contributed by atoms with Crippen molar-refractivity contribution >= 4 is 39.2 Å². The molecule has 1 aliphatic heterocycles. The van der Waals surface area contributed by atoms with Crippen molar-refractivity contribution in [3.63, 3.8) is 0 Å². The van der Waals surface area contributed by atoms with E-state index in [0.29, 0.717) is 0 Å². The summed E-state index contributed by atoms with van der Waals surface area (Å²) in [5.41, 5.74) is 1.91. The number of amides is 1. The zero-order valence-electron chi connectivity index (χ0n) is 12.9. The van der Waals surface area contributed by atoms with Crippen molar-refractivity contribution in [1.29, 1.82) is 0 Å². The van der Waals surface area contributed by atoms with Gasteiger partial charge in [-0.1, -0.05) is 23.9 Å². The number of halogens is 1. The van der Waals surface area contributed by atoms with Gasteiger partial charge >= 0.3 is 0 Å². The molecule has 4 rings (SSSR count). The molecule has 7 heteroatoms. The molecule has 1 unspecified atom stereocenters. The van der Waals surface area contributed by atoms with Gasteiger partial charge < -0.3 is 4.90 Å². The molecule has 3 aromatic rings. The van der Waals surface area contributed by atoms with Gasteiger partial charge in [-0.05, 0) is 24.1 Å². The highest BCUT2D eigenvalue weighted by Gasteiger charge is 2.31. The SMILES string of the molecule is CN1CCC(Sc2ncnc3scc(-c4ccc(F)cc4)c23)C1=O. The topological polar surface area (TPSA) is 46.1 Å². The minimum absolute atomic E-state index is 0.103. The number of carbonyl (C=O) groups excluding carboxylic acids is 1. The summed E-state index contributed by atoms with van der Waals surface area (Å²) in [7, 11) is 1.83. The van der Waals surface area contributed by atoms with E-state index in [4.69, 9.17) is 0 Å². The average molecular weight is 359 g/mol. The number of hydrogen-bond donors (Lipinski definition) is 0. The first kappa shape index (κ1) is 15.5. The fraction of sp³-hybridized carbons (Fsp3) is 0.235. The molecule has 1 saturated heterocycles. The molecule has 0 N–H and O–H groups in total. The summed E-state index contributed by atoms with van der Waals surface area (Å²) in [6, 6.07) is 6.41. The van der Waals surface area contributed by atoms with Crippen molar-refractivity contribution in [2.45, 2.75) is 16.7 Å². The van der Waals surface area contributed by atoms with Gasteiger partial charge in [0, 0.05) is 24.5 Å². The first-order valence-corrected chi connectivity index (χ1v) is 9.29. The second-order valence-electron chi connectivity index (χ2n) is 5.67. The number of fused-ring (bicyclic) bond motifs is 1. The van der Waals surface area contributed by atoms with Crippen molar-refractivity contribution < 1.29 is 9.18 Å². The molecule has 0 radical (unpaired) electrons. The molecule has 1 atom stereocenters. The van der Waals surface area contributed by atoms with E-state index in [-0.39, 0.29) is 17.0 Å². The van der Waals surface area contributed by atoms with Gasteiger partial charge in [0.05, 0.1) is 10.6 Å². The van der Waals surface area contributed by atoms with E-state index in [1.54, 1.807) is 23.4 Å². The lowest BCUT2D eigenvalue weighted by molar-refractivity contribution is -0.126. The van der Waals surface area contributed by atoms with Crippen LogP contribution in [0.5, 0.6) is 0 Å². The standard InChI is InChI=1S/C17H14FN3OS2/c1-21-7-6-13(17(21)22)24-16-14-12(8-23-15(14)19-9-20-16)10-2-4-11(18)5-3-10/h2-5,8-9,13H,6-7H2,1H3. The van der Waals surface area contributed by atoms with Crippen LogP contribution in [-0.4, -0.2) is 39.6 Å². The van der Waals surface area contributed by atoms with Gasteiger partial charge in [-0.25, -0.2) is 14.4 Å². The Kier molecular flexibility index (Phi) is 3.97. The van der Waals surface area contributed by atoms with Crippen LogP contribution in [0.2, 0.25) is 0 Å². The van der Waals surface area contributed by atoms with Crippen molar-refractivity contribution in [3.8, 4) is 11.1 Å². The molecule has 1 aromatic carbocycles. The Morgan fingerprint density at radius 3 is 2.79 bits per heavy atom.